The molecule has 5 heteroatoms. The zero-order valence-corrected chi connectivity index (χ0v) is 12.7. The Balaban J connectivity index is 2.21. The van der Waals surface area contributed by atoms with E-state index < -0.39 is 11.9 Å². The van der Waals surface area contributed by atoms with Crippen molar-refractivity contribution < 1.29 is 9.50 Å². The van der Waals surface area contributed by atoms with E-state index in [1.807, 2.05) is 13.0 Å². The average molecular weight is 350 g/mol. The van der Waals surface area contributed by atoms with Gasteiger partial charge >= 0.3 is 0 Å². The number of hydrogen-bond acceptors (Lipinski definition) is 2. The van der Waals surface area contributed by atoms with Crippen molar-refractivity contribution in [2.75, 3.05) is 0 Å². The summed E-state index contributed by atoms with van der Waals surface area (Å²) < 4.78 is 14.3. The first-order valence-electron chi connectivity index (χ1n) is 5.36. The monoisotopic (exact) mass is 348 g/mol. The Labute approximate surface area is 122 Å². The minimum Gasteiger partial charge on any atom is -0.387 e. The van der Waals surface area contributed by atoms with Gasteiger partial charge in [0.15, 0.2) is 0 Å². The highest BCUT2D eigenvalue weighted by Crippen LogP contribution is 2.33. The Bertz CT molecular complexity index is 551. The molecule has 0 aliphatic heterocycles. The fourth-order valence-electron chi connectivity index (χ4n) is 1.66. The van der Waals surface area contributed by atoms with Gasteiger partial charge in [-0.3, -0.25) is 0 Å². The third-order valence-corrected chi connectivity index (χ3v) is 5.31. The maximum atomic E-state index is 13.3. The lowest BCUT2D eigenvalue weighted by atomic mass is 10.1. The zero-order valence-electron chi connectivity index (χ0n) is 9.58. The molecule has 0 aliphatic carbocycles. The highest BCUT2D eigenvalue weighted by molar-refractivity contribution is 9.11. The normalized spacial score (nSPS) is 12.7. The number of hydrogen-bond donors (Lipinski definition) is 1. The fourth-order valence-corrected chi connectivity index (χ4v) is 3.42. The number of thiophene rings is 1. The molecule has 1 aromatic carbocycles. The molecule has 0 fully saturated rings. The van der Waals surface area contributed by atoms with E-state index in [1.54, 1.807) is 12.1 Å². The van der Waals surface area contributed by atoms with E-state index in [1.165, 1.54) is 17.4 Å². The van der Waals surface area contributed by atoms with Crippen LogP contribution >= 0.6 is 38.9 Å². The molecule has 2 aromatic rings. The van der Waals surface area contributed by atoms with Gasteiger partial charge in [-0.05, 0) is 46.1 Å². The highest BCUT2D eigenvalue weighted by Gasteiger charge is 2.15. The van der Waals surface area contributed by atoms with Crippen LogP contribution in [0.25, 0.3) is 0 Å². The molecule has 1 heterocycles. The lowest BCUT2D eigenvalue weighted by molar-refractivity contribution is 0.182. The summed E-state index contributed by atoms with van der Waals surface area (Å²) in [4.78, 5) is 0.847. The summed E-state index contributed by atoms with van der Waals surface area (Å²) in [5.41, 5.74) is 1.70. The second-order valence-corrected chi connectivity index (χ2v) is 6.82. The Morgan fingerprint density at radius 3 is 2.83 bits per heavy atom. The summed E-state index contributed by atoms with van der Waals surface area (Å²) in [6, 6.07) is 6.56. The molecule has 0 spiro atoms. The summed E-state index contributed by atoms with van der Waals surface area (Å²) in [6.07, 6.45) is -0.359. The standard InChI is InChI=1S/C13H11BrClFOS/c1-7-5-11(18-13(7)14)10(17)6-8-3-2-4-9(16)12(8)15/h2-5,10,17H,6H2,1H3. The second kappa shape index (κ2) is 5.70. The Kier molecular flexibility index (Phi) is 4.43. The minimum atomic E-state index is -0.667. The number of aliphatic hydroxyl groups is 1. The topological polar surface area (TPSA) is 20.2 Å². The smallest absolute Gasteiger partial charge is 0.142 e. The van der Waals surface area contributed by atoms with Crippen molar-refractivity contribution in [1.29, 1.82) is 0 Å². The van der Waals surface area contributed by atoms with Crippen molar-refractivity contribution in [1.82, 2.24) is 0 Å². The van der Waals surface area contributed by atoms with Gasteiger partial charge in [-0.25, -0.2) is 4.39 Å². The van der Waals surface area contributed by atoms with Crippen LogP contribution in [0.3, 0.4) is 0 Å². The maximum absolute atomic E-state index is 13.3. The molecule has 2 rings (SSSR count). The molecule has 0 aliphatic rings. The quantitative estimate of drug-likeness (QED) is 0.836. The van der Waals surface area contributed by atoms with Crippen LogP contribution in [0.5, 0.6) is 0 Å². The van der Waals surface area contributed by atoms with Gasteiger partial charge in [0.2, 0.25) is 0 Å². The minimum absolute atomic E-state index is 0.0869. The van der Waals surface area contributed by atoms with Crippen molar-refractivity contribution in [3.63, 3.8) is 0 Å². The van der Waals surface area contributed by atoms with Crippen molar-refractivity contribution in [2.45, 2.75) is 19.4 Å². The molecule has 0 bridgehead atoms. The predicted molar refractivity (Wildman–Crippen MR) is 76.8 cm³/mol. The van der Waals surface area contributed by atoms with E-state index in [0.29, 0.717) is 12.0 Å². The molecule has 1 nitrogen and oxygen atoms in total. The van der Waals surface area contributed by atoms with Gasteiger partial charge in [-0.2, -0.15) is 0 Å². The molecular weight excluding hydrogens is 339 g/mol. The zero-order chi connectivity index (χ0) is 13.3. The van der Waals surface area contributed by atoms with Crippen LogP contribution < -0.4 is 0 Å². The van der Waals surface area contributed by atoms with Crippen LogP contribution in [0.15, 0.2) is 28.1 Å². The first-order valence-corrected chi connectivity index (χ1v) is 7.34. The van der Waals surface area contributed by atoms with Crippen molar-refractivity contribution in [2.24, 2.45) is 0 Å². The highest BCUT2D eigenvalue weighted by atomic mass is 79.9. The Morgan fingerprint density at radius 1 is 1.50 bits per heavy atom. The van der Waals surface area contributed by atoms with Crippen LogP contribution in [0.1, 0.15) is 22.1 Å². The molecule has 96 valence electrons. The van der Waals surface area contributed by atoms with Gasteiger partial charge in [0, 0.05) is 11.3 Å². The summed E-state index contributed by atoms with van der Waals surface area (Å²) in [5.74, 6) is -0.454. The molecule has 0 saturated heterocycles. The van der Waals surface area contributed by atoms with E-state index in [9.17, 15) is 9.50 Å². The molecule has 0 radical (unpaired) electrons. The van der Waals surface area contributed by atoms with Crippen molar-refractivity contribution in [3.8, 4) is 0 Å². The van der Waals surface area contributed by atoms with Crippen LogP contribution in [-0.4, -0.2) is 5.11 Å². The van der Waals surface area contributed by atoms with Crippen LogP contribution in [0, 0.1) is 12.7 Å². The summed E-state index contributed by atoms with van der Waals surface area (Å²) in [5, 5.41) is 10.2. The summed E-state index contributed by atoms with van der Waals surface area (Å²) in [6.45, 7) is 1.96. The molecule has 0 amide bonds. The van der Waals surface area contributed by atoms with Gasteiger partial charge in [0.1, 0.15) is 5.82 Å². The molecule has 1 unspecified atom stereocenters. The van der Waals surface area contributed by atoms with Crippen molar-refractivity contribution in [3.05, 3.63) is 54.9 Å². The Morgan fingerprint density at radius 2 is 2.22 bits per heavy atom. The molecule has 1 atom stereocenters. The number of aliphatic hydroxyl groups excluding tert-OH is 1. The number of rotatable bonds is 3. The van der Waals surface area contributed by atoms with Crippen LogP contribution in [0.4, 0.5) is 4.39 Å². The fraction of sp³-hybridized carbons (Fsp3) is 0.231. The number of benzene rings is 1. The number of halogens is 3. The lowest BCUT2D eigenvalue weighted by Gasteiger charge is -2.10. The van der Waals surface area contributed by atoms with Gasteiger partial charge < -0.3 is 5.11 Å². The van der Waals surface area contributed by atoms with E-state index in [-0.39, 0.29) is 5.02 Å². The van der Waals surface area contributed by atoms with Crippen LogP contribution in [-0.2, 0) is 6.42 Å². The SMILES string of the molecule is Cc1cc(C(O)Cc2cccc(F)c2Cl)sc1Br. The average Bonchev–Trinajstić information content (AvgIpc) is 2.66. The van der Waals surface area contributed by atoms with Crippen molar-refractivity contribution >= 4 is 38.9 Å². The van der Waals surface area contributed by atoms with E-state index in [0.717, 1.165) is 14.2 Å². The summed E-state index contributed by atoms with van der Waals surface area (Å²) in [7, 11) is 0. The maximum Gasteiger partial charge on any atom is 0.142 e. The van der Waals surface area contributed by atoms with Gasteiger partial charge in [-0.1, -0.05) is 23.7 Å². The third kappa shape index (κ3) is 2.94. The van der Waals surface area contributed by atoms with Gasteiger partial charge in [0.25, 0.3) is 0 Å². The molecule has 1 aromatic heterocycles. The largest absolute Gasteiger partial charge is 0.387 e. The lowest BCUT2D eigenvalue weighted by Crippen LogP contribution is -2.01. The first kappa shape index (κ1) is 14.0. The molecule has 18 heavy (non-hydrogen) atoms. The molecule has 1 N–H and O–H groups in total. The first-order chi connectivity index (χ1) is 8.49. The number of aryl methyl sites for hydroxylation is 1. The molecular formula is C13H11BrClFOS. The van der Waals surface area contributed by atoms with Gasteiger partial charge in [-0.15, -0.1) is 11.3 Å². The van der Waals surface area contributed by atoms with Gasteiger partial charge in [0.05, 0.1) is 14.9 Å². The molecule has 0 saturated carbocycles. The van der Waals surface area contributed by atoms with E-state index in [2.05, 4.69) is 15.9 Å². The van der Waals surface area contributed by atoms with E-state index >= 15 is 0 Å². The summed E-state index contributed by atoms with van der Waals surface area (Å²) >= 11 is 10.8. The third-order valence-electron chi connectivity index (χ3n) is 2.65. The second-order valence-electron chi connectivity index (χ2n) is 4.04. The Hall–Kier alpha value is -0.420. The predicted octanol–water partition coefficient (Wildman–Crippen LogP) is 4.89. The van der Waals surface area contributed by atoms with E-state index in [4.69, 9.17) is 11.6 Å². The van der Waals surface area contributed by atoms with Crippen LogP contribution in [0.2, 0.25) is 5.02 Å².